The summed E-state index contributed by atoms with van der Waals surface area (Å²) >= 11 is 0. The van der Waals surface area contributed by atoms with Crippen LogP contribution in [-0.2, 0) is 4.79 Å². The molecule has 0 bridgehead atoms. The van der Waals surface area contributed by atoms with E-state index in [4.69, 9.17) is 0 Å². The van der Waals surface area contributed by atoms with E-state index in [1.807, 2.05) is 4.90 Å². The van der Waals surface area contributed by atoms with Gasteiger partial charge >= 0.3 is 6.03 Å². The maximum atomic E-state index is 11.8. The quantitative estimate of drug-likeness (QED) is 0.774. The van der Waals surface area contributed by atoms with E-state index in [1.54, 1.807) is 0 Å². The van der Waals surface area contributed by atoms with E-state index in [-0.39, 0.29) is 11.9 Å². The Bertz CT molecular complexity index is 319. The Hall–Kier alpha value is -1.26. The van der Waals surface area contributed by atoms with Crippen molar-refractivity contribution in [3.8, 4) is 0 Å². The number of carbonyl (C=O) groups excluding carboxylic acids is 2. The van der Waals surface area contributed by atoms with Crippen LogP contribution in [0.4, 0.5) is 4.79 Å². The molecule has 0 aromatic carbocycles. The molecule has 0 unspecified atom stereocenters. The van der Waals surface area contributed by atoms with Crippen LogP contribution in [0.2, 0.25) is 0 Å². The first-order valence-corrected chi connectivity index (χ1v) is 8.08. The van der Waals surface area contributed by atoms with Crippen molar-refractivity contribution in [2.45, 2.75) is 63.8 Å². The lowest BCUT2D eigenvalue weighted by molar-refractivity contribution is -0.129. The molecule has 0 aromatic rings. The minimum Gasteiger partial charge on any atom is -0.343 e. The molecular formula is C15H27N3O2. The Kier molecular flexibility index (Phi) is 6.15. The molecule has 1 heterocycles. The second kappa shape index (κ2) is 8.12. The van der Waals surface area contributed by atoms with E-state index in [2.05, 4.69) is 10.6 Å². The van der Waals surface area contributed by atoms with E-state index in [0.717, 1.165) is 38.8 Å². The van der Waals surface area contributed by atoms with Crippen LogP contribution < -0.4 is 10.6 Å². The summed E-state index contributed by atoms with van der Waals surface area (Å²) in [6.45, 7) is 2.20. The zero-order chi connectivity index (χ0) is 14.2. The Morgan fingerprint density at radius 1 is 0.950 bits per heavy atom. The molecule has 0 atom stereocenters. The maximum absolute atomic E-state index is 11.8. The third-order valence-electron chi connectivity index (χ3n) is 4.27. The Morgan fingerprint density at radius 2 is 1.60 bits per heavy atom. The van der Waals surface area contributed by atoms with E-state index in [1.165, 1.54) is 25.7 Å². The van der Waals surface area contributed by atoms with Crippen molar-refractivity contribution in [3.05, 3.63) is 0 Å². The third-order valence-corrected chi connectivity index (χ3v) is 4.27. The van der Waals surface area contributed by atoms with Gasteiger partial charge in [-0.15, -0.1) is 0 Å². The van der Waals surface area contributed by atoms with Crippen molar-refractivity contribution >= 4 is 11.9 Å². The van der Waals surface area contributed by atoms with E-state index >= 15 is 0 Å². The van der Waals surface area contributed by atoms with Gasteiger partial charge in [-0.1, -0.05) is 25.7 Å². The van der Waals surface area contributed by atoms with Gasteiger partial charge in [-0.3, -0.25) is 4.79 Å². The first-order valence-electron chi connectivity index (χ1n) is 8.08. The van der Waals surface area contributed by atoms with Crippen LogP contribution in [0.5, 0.6) is 0 Å². The maximum Gasteiger partial charge on any atom is 0.315 e. The second-order valence-corrected chi connectivity index (χ2v) is 5.93. The summed E-state index contributed by atoms with van der Waals surface area (Å²) in [6.07, 6.45) is 9.78. The summed E-state index contributed by atoms with van der Waals surface area (Å²) in [7, 11) is 0. The number of carbonyl (C=O) groups is 2. The zero-order valence-corrected chi connectivity index (χ0v) is 12.3. The summed E-state index contributed by atoms with van der Waals surface area (Å²) < 4.78 is 0. The number of hydrogen-bond donors (Lipinski definition) is 2. The normalized spacial score (nSPS) is 20.5. The molecule has 114 valence electrons. The van der Waals surface area contributed by atoms with Crippen molar-refractivity contribution in [3.63, 3.8) is 0 Å². The van der Waals surface area contributed by atoms with E-state index in [0.29, 0.717) is 19.0 Å². The molecule has 2 fully saturated rings. The van der Waals surface area contributed by atoms with Crippen molar-refractivity contribution in [1.29, 1.82) is 0 Å². The number of amides is 3. The van der Waals surface area contributed by atoms with E-state index in [9.17, 15) is 9.59 Å². The molecule has 3 amide bonds. The Balaban J connectivity index is 1.58. The first-order chi connectivity index (χ1) is 9.75. The second-order valence-electron chi connectivity index (χ2n) is 5.93. The highest BCUT2D eigenvalue weighted by molar-refractivity contribution is 5.78. The molecule has 0 radical (unpaired) electrons. The summed E-state index contributed by atoms with van der Waals surface area (Å²) in [6, 6.07) is 0.193. The number of nitrogens with zero attached hydrogens (tertiary/aromatic N) is 1. The lowest BCUT2D eigenvalue weighted by atomic mass is 10.1. The van der Waals surface area contributed by atoms with Gasteiger partial charge in [0, 0.05) is 32.1 Å². The van der Waals surface area contributed by atoms with Gasteiger partial charge in [0.1, 0.15) is 0 Å². The minimum atomic E-state index is -0.119. The van der Waals surface area contributed by atoms with Crippen LogP contribution >= 0.6 is 0 Å². The predicted octanol–water partition coefficient (Wildman–Crippen LogP) is 2.02. The molecule has 1 aliphatic heterocycles. The molecule has 0 aromatic heterocycles. The van der Waals surface area contributed by atoms with Crippen LogP contribution in [0.15, 0.2) is 0 Å². The smallest absolute Gasteiger partial charge is 0.315 e. The average molecular weight is 281 g/mol. The highest BCUT2D eigenvalue weighted by Gasteiger charge is 2.18. The Morgan fingerprint density at radius 3 is 2.25 bits per heavy atom. The number of nitrogens with one attached hydrogen (secondary N) is 2. The van der Waals surface area contributed by atoms with Gasteiger partial charge in [-0.25, -0.2) is 4.79 Å². The summed E-state index contributed by atoms with van der Waals surface area (Å²) in [4.78, 5) is 25.5. The van der Waals surface area contributed by atoms with Gasteiger partial charge in [-0.2, -0.15) is 0 Å². The molecule has 1 aliphatic carbocycles. The molecule has 1 saturated carbocycles. The van der Waals surface area contributed by atoms with Crippen LogP contribution in [0.3, 0.4) is 0 Å². The van der Waals surface area contributed by atoms with Crippen molar-refractivity contribution in [1.82, 2.24) is 15.5 Å². The molecule has 1 saturated heterocycles. The first kappa shape index (κ1) is 15.1. The number of rotatable bonds is 4. The van der Waals surface area contributed by atoms with Crippen molar-refractivity contribution in [2.75, 3.05) is 19.6 Å². The van der Waals surface area contributed by atoms with Gasteiger partial charge in [0.2, 0.25) is 5.91 Å². The van der Waals surface area contributed by atoms with Gasteiger partial charge in [-0.05, 0) is 25.7 Å². The molecule has 5 heteroatoms. The van der Waals surface area contributed by atoms with Crippen LogP contribution in [0, 0.1) is 0 Å². The van der Waals surface area contributed by atoms with Crippen LogP contribution in [-0.4, -0.2) is 42.5 Å². The average Bonchev–Trinajstić information content (AvgIpc) is 2.85. The van der Waals surface area contributed by atoms with Crippen molar-refractivity contribution < 1.29 is 9.59 Å². The van der Waals surface area contributed by atoms with Gasteiger partial charge in [0.25, 0.3) is 0 Å². The van der Waals surface area contributed by atoms with E-state index < -0.39 is 0 Å². The molecular weight excluding hydrogens is 254 g/mol. The topological polar surface area (TPSA) is 61.4 Å². The van der Waals surface area contributed by atoms with Gasteiger partial charge in [0.05, 0.1) is 0 Å². The number of urea groups is 1. The predicted molar refractivity (Wildman–Crippen MR) is 78.5 cm³/mol. The molecule has 2 rings (SSSR count). The fourth-order valence-electron chi connectivity index (χ4n) is 3.07. The summed E-state index contributed by atoms with van der Waals surface area (Å²) in [5.74, 6) is 0.164. The molecule has 2 aliphatic rings. The Labute approximate surface area is 121 Å². The summed E-state index contributed by atoms with van der Waals surface area (Å²) in [5.41, 5.74) is 0. The fraction of sp³-hybridized carbons (Fsp3) is 0.867. The zero-order valence-electron chi connectivity index (χ0n) is 12.3. The minimum absolute atomic E-state index is 0.119. The largest absolute Gasteiger partial charge is 0.343 e. The fourth-order valence-corrected chi connectivity index (χ4v) is 3.07. The highest BCUT2D eigenvalue weighted by Crippen LogP contribution is 2.17. The van der Waals surface area contributed by atoms with Gasteiger partial charge in [0.15, 0.2) is 0 Å². The van der Waals surface area contributed by atoms with Crippen molar-refractivity contribution in [2.24, 2.45) is 0 Å². The number of likely N-dealkylation sites (tertiary alicyclic amines) is 1. The van der Waals surface area contributed by atoms with Crippen LogP contribution in [0.25, 0.3) is 0 Å². The third kappa shape index (κ3) is 5.02. The molecule has 5 nitrogen and oxygen atoms in total. The summed E-state index contributed by atoms with van der Waals surface area (Å²) in [5, 5.41) is 5.83. The molecule has 20 heavy (non-hydrogen) atoms. The van der Waals surface area contributed by atoms with Crippen LogP contribution in [0.1, 0.15) is 57.8 Å². The highest BCUT2D eigenvalue weighted by atomic mass is 16.2. The SMILES string of the molecule is O=C(NCCC(=O)N1CCCC1)NC1CCCCCC1. The molecule has 0 spiro atoms. The lowest BCUT2D eigenvalue weighted by Gasteiger charge is -2.18. The number of hydrogen-bond acceptors (Lipinski definition) is 2. The lowest BCUT2D eigenvalue weighted by Crippen LogP contribution is -2.43. The monoisotopic (exact) mass is 281 g/mol. The standard InChI is InChI=1S/C15H27N3O2/c19-14(18-11-5-6-12-18)9-10-16-15(20)17-13-7-3-1-2-4-8-13/h13H,1-12H2,(H2,16,17,20). The van der Waals surface area contributed by atoms with Gasteiger partial charge < -0.3 is 15.5 Å². The molecule has 2 N–H and O–H groups in total.